The van der Waals surface area contributed by atoms with Gasteiger partial charge < -0.3 is 15.6 Å². The van der Waals surface area contributed by atoms with Crippen LogP contribution in [-0.4, -0.2) is 24.9 Å². The molecule has 1 aromatic rings. The van der Waals surface area contributed by atoms with Crippen LogP contribution in [0, 0.1) is 5.41 Å². The van der Waals surface area contributed by atoms with Crippen molar-refractivity contribution in [2.45, 2.75) is 44.6 Å². The molecule has 3 N–H and O–H groups in total. The lowest BCUT2D eigenvalue weighted by Gasteiger charge is -2.35. The molecule has 1 saturated carbocycles. The van der Waals surface area contributed by atoms with E-state index in [1.807, 2.05) is 24.3 Å². The van der Waals surface area contributed by atoms with Crippen LogP contribution in [0.1, 0.15) is 44.1 Å². The number of methoxy groups -OCH3 is 1. The molecule has 0 saturated heterocycles. The van der Waals surface area contributed by atoms with Crippen molar-refractivity contribution in [3.63, 3.8) is 0 Å². The molecule has 0 spiro atoms. The van der Waals surface area contributed by atoms with Crippen LogP contribution in [0.4, 0.5) is 0 Å². The fourth-order valence-electron chi connectivity index (χ4n) is 3.28. The number of hydrogen-bond donors (Lipinski definition) is 2. The molecule has 19 heavy (non-hydrogen) atoms. The molecule has 106 valence electrons. The summed E-state index contributed by atoms with van der Waals surface area (Å²) in [5.74, 6) is 0.804. The summed E-state index contributed by atoms with van der Waals surface area (Å²) in [6.07, 6.45) is 4.22. The molecule has 0 heterocycles. The number of aliphatic hydroxyl groups is 1. The summed E-state index contributed by atoms with van der Waals surface area (Å²) in [7, 11) is 1.66. The molecule has 2 unspecified atom stereocenters. The Balaban J connectivity index is 2.23. The van der Waals surface area contributed by atoms with Crippen LogP contribution in [-0.2, 0) is 0 Å². The molecule has 2 rings (SSSR count). The zero-order chi connectivity index (χ0) is 13.9. The van der Waals surface area contributed by atoms with Crippen molar-refractivity contribution in [2.75, 3.05) is 13.7 Å². The van der Waals surface area contributed by atoms with Gasteiger partial charge in [-0.15, -0.1) is 0 Å². The van der Waals surface area contributed by atoms with Gasteiger partial charge in [0.1, 0.15) is 5.75 Å². The lowest BCUT2D eigenvalue weighted by molar-refractivity contribution is 0.0212. The van der Waals surface area contributed by atoms with E-state index in [0.717, 1.165) is 24.2 Å². The van der Waals surface area contributed by atoms with Gasteiger partial charge in [0.15, 0.2) is 0 Å². The van der Waals surface area contributed by atoms with Crippen molar-refractivity contribution in [1.82, 2.24) is 0 Å². The van der Waals surface area contributed by atoms with Crippen LogP contribution >= 0.6 is 0 Å². The molecular weight excluding hydrogens is 238 g/mol. The second-order valence-corrected chi connectivity index (χ2v) is 5.92. The van der Waals surface area contributed by atoms with Gasteiger partial charge >= 0.3 is 0 Å². The predicted octanol–water partition coefficient (Wildman–Crippen LogP) is 2.68. The van der Waals surface area contributed by atoms with E-state index in [9.17, 15) is 5.11 Å². The highest BCUT2D eigenvalue weighted by Gasteiger charge is 2.40. The molecule has 0 amide bonds. The smallest absolute Gasteiger partial charge is 0.119 e. The number of benzene rings is 1. The summed E-state index contributed by atoms with van der Waals surface area (Å²) in [5.41, 5.74) is 7.00. The maximum atomic E-state index is 10.8. The molecule has 0 aliphatic heterocycles. The first-order valence-electron chi connectivity index (χ1n) is 7.13. The number of aliphatic hydroxyl groups excluding tert-OH is 1. The van der Waals surface area contributed by atoms with Gasteiger partial charge in [-0.25, -0.2) is 0 Å². The minimum Gasteiger partial charge on any atom is -0.497 e. The van der Waals surface area contributed by atoms with Gasteiger partial charge in [-0.2, -0.15) is 0 Å². The molecular formula is C16H25NO2. The van der Waals surface area contributed by atoms with Crippen LogP contribution in [0.25, 0.3) is 0 Å². The highest BCUT2D eigenvalue weighted by atomic mass is 16.5. The molecule has 3 nitrogen and oxygen atoms in total. The van der Waals surface area contributed by atoms with E-state index in [1.165, 1.54) is 12.8 Å². The van der Waals surface area contributed by atoms with Crippen molar-refractivity contribution >= 4 is 0 Å². The third-order valence-corrected chi connectivity index (χ3v) is 4.62. The lowest BCUT2D eigenvalue weighted by atomic mass is 9.74. The zero-order valence-electron chi connectivity index (χ0n) is 11.9. The summed E-state index contributed by atoms with van der Waals surface area (Å²) < 4.78 is 5.26. The van der Waals surface area contributed by atoms with E-state index in [1.54, 1.807) is 7.11 Å². The Morgan fingerprint density at radius 2 is 2.05 bits per heavy atom. The molecule has 1 aliphatic carbocycles. The quantitative estimate of drug-likeness (QED) is 0.858. The largest absolute Gasteiger partial charge is 0.497 e. The van der Waals surface area contributed by atoms with Gasteiger partial charge in [0.2, 0.25) is 0 Å². The van der Waals surface area contributed by atoms with Gasteiger partial charge in [0.25, 0.3) is 0 Å². The van der Waals surface area contributed by atoms with E-state index in [0.29, 0.717) is 6.54 Å². The minimum absolute atomic E-state index is 0.00706. The van der Waals surface area contributed by atoms with E-state index in [4.69, 9.17) is 10.5 Å². The number of ether oxygens (including phenoxy) is 1. The molecule has 3 heteroatoms. The minimum atomic E-state index is -0.382. The Morgan fingerprint density at radius 3 is 2.63 bits per heavy atom. The van der Waals surface area contributed by atoms with Gasteiger partial charge in [0, 0.05) is 12.5 Å². The normalized spacial score (nSPS) is 21.1. The van der Waals surface area contributed by atoms with Gasteiger partial charge in [-0.05, 0) is 36.0 Å². The first-order chi connectivity index (χ1) is 9.10. The van der Waals surface area contributed by atoms with E-state index >= 15 is 0 Å². The lowest BCUT2D eigenvalue weighted by Crippen LogP contribution is -2.38. The Bertz CT molecular complexity index is 413. The fraction of sp³-hybridized carbons (Fsp3) is 0.625. The predicted molar refractivity (Wildman–Crippen MR) is 77.4 cm³/mol. The molecule has 0 aromatic heterocycles. The summed E-state index contributed by atoms with van der Waals surface area (Å²) in [5, 5.41) is 10.8. The molecule has 0 bridgehead atoms. The Labute approximate surface area is 115 Å². The first kappa shape index (κ1) is 14.4. The van der Waals surface area contributed by atoms with E-state index < -0.39 is 0 Å². The van der Waals surface area contributed by atoms with Crippen molar-refractivity contribution < 1.29 is 9.84 Å². The molecule has 1 aliphatic rings. The number of rotatable bonds is 5. The summed E-state index contributed by atoms with van der Waals surface area (Å²) in [6.45, 7) is 2.65. The maximum absolute atomic E-state index is 10.8. The second kappa shape index (κ2) is 5.93. The average molecular weight is 263 g/mol. The topological polar surface area (TPSA) is 55.5 Å². The van der Waals surface area contributed by atoms with Crippen LogP contribution in [0.5, 0.6) is 5.75 Å². The van der Waals surface area contributed by atoms with E-state index in [2.05, 4.69) is 6.92 Å². The van der Waals surface area contributed by atoms with Crippen LogP contribution < -0.4 is 10.5 Å². The molecule has 1 aromatic carbocycles. The Hall–Kier alpha value is -1.06. The van der Waals surface area contributed by atoms with Gasteiger partial charge in [0.05, 0.1) is 13.2 Å². The summed E-state index contributed by atoms with van der Waals surface area (Å²) in [6, 6.07) is 7.89. The van der Waals surface area contributed by atoms with E-state index in [-0.39, 0.29) is 17.4 Å². The Morgan fingerprint density at radius 1 is 1.37 bits per heavy atom. The number of hydrogen-bond acceptors (Lipinski definition) is 3. The monoisotopic (exact) mass is 263 g/mol. The first-order valence-corrected chi connectivity index (χ1v) is 7.13. The standard InChI is InChI=1S/C16H25NO2/c1-16(8-3-4-9-16)15(18)14(11-17)12-6-5-7-13(10-12)19-2/h5-7,10,14-15,18H,3-4,8-9,11,17H2,1-2H3. The highest BCUT2D eigenvalue weighted by molar-refractivity contribution is 5.32. The zero-order valence-corrected chi connectivity index (χ0v) is 11.9. The molecule has 2 atom stereocenters. The highest BCUT2D eigenvalue weighted by Crippen LogP contribution is 2.44. The third kappa shape index (κ3) is 2.93. The van der Waals surface area contributed by atoms with Crippen molar-refractivity contribution in [1.29, 1.82) is 0 Å². The summed E-state index contributed by atoms with van der Waals surface area (Å²) >= 11 is 0. The maximum Gasteiger partial charge on any atom is 0.119 e. The van der Waals surface area contributed by atoms with Crippen LogP contribution in [0.3, 0.4) is 0 Å². The second-order valence-electron chi connectivity index (χ2n) is 5.92. The third-order valence-electron chi connectivity index (χ3n) is 4.62. The Kier molecular flexibility index (Phi) is 4.48. The fourth-order valence-corrected chi connectivity index (χ4v) is 3.28. The summed E-state index contributed by atoms with van der Waals surface area (Å²) in [4.78, 5) is 0. The van der Waals surface area contributed by atoms with Crippen molar-refractivity contribution in [3.8, 4) is 5.75 Å². The van der Waals surface area contributed by atoms with Crippen molar-refractivity contribution in [3.05, 3.63) is 29.8 Å². The van der Waals surface area contributed by atoms with Gasteiger partial charge in [-0.3, -0.25) is 0 Å². The average Bonchev–Trinajstić information content (AvgIpc) is 2.88. The SMILES string of the molecule is COc1cccc(C(CN)C(O)C2(C)CCCC2)c1. The van der Waals surface area contributed by atoms with Crippen LogP contribution in [0.2, 0.25) is 0 Å². The van der Waals surface area contributed by atoms with Crippen LogP contribution in [0.15, 0.2) is 24.3 Å². The van der Waals surface area contributed by atoms with Crippen molar-refractivity contribution in [2.24, 2.45) is 11.1 Å². The van der Waals surface area contributed by atoms with Gasteiger partial charge in [-0.1, -0.05) is 31.9 Å². The number of nitrogens with two attached hydrogens (primary N) is 1. The molecule has 1 fully saturated rings. The molecule has 0 radical (unpaired) electrons.